The van der Waals surface area contributed by atoms with Crippen molar-refractivity contribution in [3.05, 3.63) is 101 Å². The molecule has 216 valence electrons. The summed E-state index contributed by atoms with van der Waals surface area (Å²) in [4.78, 5) is 17.3. The number of hydrogen-bond acceptors (Lipinski definition) is 8. The topological polar surface area (TPSA) is 137 Å². The van der Waals surface area contributed by atoms with Gasteiger partial charge in [0.15, 0.2) is 11.5 Å². The van der Waals surface area contributed by atoms with Crippen LogP contribution in [-0.2, 0) is 13.1 Å². The summed E-state index contributed by atoms with van der Waals surface area (Å²) < 4.78 is 1.94. The molecule has 0 aliphatic rings. The highest BCUT2D eigenvalue weighted by Gasteiger charge is 2.15. The van der Waals surface area contributed by atoms with Gasteiger partial charge < -0.3 is 26.2 Å². The van der Waals surface area contributed by atoms with Crippen LogP contribution in [0.1, 0.15) is 33.0 Å². The van der Waals surface area contributed by atoms with Crippen LogP contribution in [0.15, 0.2) is 73.1 Å². The van der Waals surface area contributed by atoms with E-state index in [1.165, 1.54) is 0 Å². The SMILES string of the molecule is Cc1c(NC(=O)c2ccc(CNCCO)cn2)cccc1-c1cccc(-c2ccn3c(CNCCO)nnc3c2)c1C. The van der Waals surface area contributed by atoms with E-state index in [1.807, 2.05) is 47.9 Å². The van der Waals surface area contributed by atoms with E-state index in [0.29, 0.717) is 31.9 Å². The summed E-state index contributed by atoms with van der Waals surface area (Å²) in [5.74, 6) is 0.509. The van der Waals surface area contributed by atoms with Gasteiger partial charge in [-0.05, 0) is 77.1 Å². The fraction of sp³-hybridized carbons (Fsp3) is 0.250. The maximum atomic E-state index is 13.0. The van der Waals surface area contributed by atoms with Gasteiger partial charge in [0.2, 0.25) is 0 Å². The minimum absolute atomic E-state index is 0.0706. The Morgan fingerprint density at radius 2 is 1.55 bits per heavy atom. The number of fused-ring (bicyclic) bond motifs is 1. The van der Waals surface area contributed by atoms with Crippen molar-refractivity contribution >= 4 is 17.2 Å². The van der Waals surface area contributed by atoms with Crippen molar-refractivity contribution in [3.8, 4) is 22.3 Å². The number of aliphatic hydroxyl groups excluding tert-OH is 2. The van der Waals surface area contributed by atoms with Gasteiger partial charge in [-0.25, -0.2) is 0 Å². The minimum atomic E-state index is -0.275. The summed E-state index contributed by atoms with van der Waals surface area (Å²) in [5.41, 5.74) is 9.06. The fourth-order valence-corrected chi connectivity index (χ4v) is 4.97. The van der Waals surface area contributed by atoms with Crippen molar-refractivity contribution in [2.75, 3.05) is 31.6 Å². The van der Waals surface area contributed by atoms with Gasteiger partial charge in [-0.2, -0.15) is 0 Å². The Bertz CT molecular complexity index is 1680. The Hall–Kier alpha value is -4.48. The van der Waals surface area contributed by atoms with Crippen molar-refractivity contribution in [1.29, 1.82) is 0 Å². The van der Waals surface area contributed by atoms with Crippen molar-refractivity contribution in [2.45, 2.75) is 26.9 Å². The first-order valence-electron chi connectivity index (χ1n) is 13.9. The summed E-state index contributed by atoms with van der Waals surface area (Å²) in [6, 6.07) is 19.8. The molecule has 42 heavy (non-hydrogen) atoms. The lowest BCUT2D eigenvalue weighted by molar-refractivity contribution is 0.102. The molecular formula is C32H35N7O3. The number of nitrogens with zero attached hydrogens (tertiary/aromatic N) is 4. The predicted molar refractivity (Wildman–Crippen MR) is 163 cm³/mol. The monoisotopic (exact) mass is 565 g/mol. The number of amides is 1. The third kappa shape index (κ3) is 6.37. The van der Waals surface area contributed by atoms with Crippen LogP contribution in [0.4, 0.5) is 5.69 Å². The molecule has 3 heterocycles. The van der Waals surface area contributed by atoms with Gasteiger partial charge in [-0.3, -0.25) is 14.2 Å². The van der Waals surface area contributed by atoms with E-state index >= 15 is 0 Å². The lowest BCUT2D eigenvalue weighted by Gasteiger charge is -2.17. The van der Waals surface area contributed by atoms with Crippen LogP contribution in [-0.4, -0.2) is 62.0 Å². The second kappa shape index (κ2) is 13.5. The largest absolute Gasteiger partial charge is 0.395 e. The molecule has 0 unspecified atom stereocenters. The van der Waals surface area contributed by atoms with Crippen LogP contribution in [0.5, 0.6) is 0 Å². The summed E-state index contributed by atoms with van der Waals surface area (Å²) >= 11 is 0. The van der Waals surface area contributed by atoms with Crippen LogP contribution in [0.2, 0.25) is 0 Å². The molecule has 3 aromatic heterocycles. The number of hydrogen-bond donors (Lipinski definition) is 5. The van der Waals surface area contributed by atoms with Gasteiger partial charge in [-0.15, -0.1) is 10.2 Å². The van der Waals surface area contributed by atoms with Crippen molar-refractivity contribution in [3.63, 3.8) is 0 Å². The number of carbonyl (C=O) groups excluding carboxylic acids is 1. The zero-order valence-corrected chi connectivity index (χ0v) is 23.8. The second-order valence-electron chi connectivity index (χ2n) is 10.0. The van der Waals surface area contributed by atoms with Crippen LogP contribution in [0, 0.1) is 13.8 Å². The number of pyridine rings is 2. The number of aromatic nitrogens is 4. The maximum absolute atomic E-state index is 13.0. The van der Waals surface area contributed by atoms with E-state index in [2.05, 4.69) is 62.3 Å². The smallest absolute Gasteiger partial charge is 0.274 e. The van der Waals surface area contributed by atoms with Crippen molar-refractivity contribution in [2.24, 2.45) is 0 Å². The molecule has 0 spiro atoms. The van der Waals surface area contributed by atoms with Crippen LogP contribution >= 0.6 is 0 Å². The van der Waals surface area contributed by atoms with Crippen molar-refractivity contribution < 1.29 is 15.0 Å². The first-order valence-corrected chi connectivity index (χ1v) is 13.9. The molecule has 5 rings (SSSR count). The van der Waals surface area contributed by atoms with Gasteiger partial charge in [0, 0.05) is 37.7 Å². The van der Waals surface area contributed by atoms with Crippen molar-refractivity contribution in [1.82, 2.24) is 30.2 Å². The molecule has 0 bridgehead atoms. The molecule has 2 aromatic carbocycles. The molecule has 0 atom stereocenters. The number of anilines is 1. The van der Waals surface area contributed by atoms with E-state index in [0.717, 1.165) is 56.1 Å². The second-order valence-corrected chi connectivity index (χ2v) is 10.0. The molecule has 0 saturated heterocycles. The third-order valence-electron chi connectivity index (χ3n) is 7.24. The summed E-state index contributed by atoms with van der Waals surface area (Å²) in [5, 5.41) is 35.8. The number of rotatable bonds is 12. The summed E-state index contributed by atoms with van der Waals surface area (Å²) in [6.45, 7) is 6.35. The van der Waals surface area contributed by atoms with Gasteiger partial charge in [0.05, 0.1) is 19.8 Å². The van der Waals surface area contributed by atoms with E-state index in [-0.39, 0.29) is 19.1 Å². The highest BCUT2D eigenvalue weighted by atomic mass is 16.3. The Balaban J connectivity index is 1.37. The quantitative estimate of drug-likeness (QED) is 0.145. The summed E-state index contributed by atoms with van der Waals surface area (Å²) in [7, 11) is 0. The average Bonchev–Trinajstić information content (AvgIpc) is 3.41. The number of benzene rings is 2. The molecule has 0 aliphatic heterocycles. The Morgan fingerprint density at radius 1 is 0.833 bits per heavy atom. The van der Waals surface area contributed by atoms with Gasteiger partial charge in [-0.1, -0.05) is 36.4 Å². The average molecular weight is 566 g/mol. The molecule has 1 amide bonds. The molecule has 0 fully saturated rings. The molecule has 10 heteroatoms. The van der Waals surface area contributed by atoms with Crippen LogP contribution in [0.3, 0.4) is 0 Å². The molecule has 0 saturated carbocycles. The first kappa shape index (κ1) is 29.0. The Labute approximate surface area is 244 Å². The molecule has 5 aromatic rings. The molecule has 5 N–H and O–H groups in total. The van der Waals surface area contributed by atoms with E-state index in [1.54, 1.807) is 12.3 Å². The predicted octanol–water partition coefficient (Wildman–Crippen LogP) is 3.49. The third-order valence-corrected chi connectivity index (χ3v) is 7.24. The maximum Gasteiger partial charge on any atom is 0.274 e. The van der Waals surface area contributed by atoms with E-state index in [9.17, 15) is 4.79 Å². The van der Waals surface area contributed by atoms with E-state index < -0.39 is 0 Å². The van der Waals surface area contributed by atoms with Gasteiger partial charge in [0.1, 0.15) is 5.69 Å². The number of carbonyl (C=O) groups is 1. The summed E-state index contributed by atoms with van der Waals surface area (Å²) in [6.07, 6.45) is 3.64. The molecule has 0 aliphatic carbocycles. The Kier molecular flexibility index (Phi) is 9.30. The normalized spacial score (nSPS) is 11.2. The number of nitrogens with one attached hydrogen (secondary N) is 3. The standard InChI is InChI=1S/C32H35N7O3/c1-21-25(24-11-14-39-30(17-24)37-38-31(39)20-34-13-16-41)5-3-6-26(21)27-7-4-8-28(22(27)2)36-32(42)29-10-9-23(19-35-29)18-33-12-15-40/h3-11,14,17,19,33-34,40-41H,12-13,15-16,18,20H2,1-2H3,(H,36,42). The molecule has 0 radical (unpaired) electrons. The zero-order valence-electron chi connectivity index (χ0n) is 23.8. The Morgan fingerprint density at radius 3 is 2.29 bits per heavy atom. The lowest BCUT2D eigenvalue weighted by Crippen LogP contribution is -2.19. The molecular weight excluding hydrogens is 530 g/mol. The van der Waals surface area contributed by atoms with Crippen LogP contribution in [0.25, 0.3) is 27.9 Å². The highest BCUT2D eigenvalue weighted by Crippen LogP contribution is 2.35. The van der Waals surface area contributed by atoms with Gasteiger partial charge >= 0.3 is 0 Å². The zero-order chi connectivity index (χ0) is 29.5. The van der Waals surface area contributed by atoms with Crippen LogP contribution < -0.4 is 16.0 Å². The van der Waals surface area contributed by atoms with E-state index in [4.69, 9.17) is 10.2 Å². The highest BCUT2D eigenvalue weighted by molar-refractivity contribution is 6.03. The minimum Gasteiger partial charge on any atom is -0.395 e. The number of aliphatic hydroxyl groups is 2. The molecule has 10 nitrogen and oxygen atoms in total. The first-order chi connectivity index (χ1) is 20.5. The fourth-order valence-electron chi connectivity index (χ4n) is 4.97. The van der Waals surface area contributed by atoms with Gasteiger partial charge in [0.25, 0.3) is 5.91 Å². The lowest BCUT2D eigenvalue weighted by atomic mass is 9.90.